The van der Waals surface area contributed by atoms with Crippen molar-refractivity contribution in [1.29, 1.82) is 0 Å². The molecule has 0 radical (unpaired) electrons. The lowest BCUT2D eigenvalue weighted by molar-refractivity contribution is 0.415. The Morgan fingerprint density at radius 1 is 1.12 bits per heavy atom. The van der Waals surface area contributed by atoms with E-state index >= 15 is 0 Å². The van der Waals surface area contributed by atoms with E-state index in [1.54, 1.807) is 13.2 Å². The van der Waals surface area contributed by atoms with E-state index in [0.29, 0.717) is 11.3 Å². The summed E-state index contributed by atoms with van der Waals surface area (Å²) in [5.74, 6) is 2.88. The van der Waals surface area contributed by atoms with E-state index in [9.17, 15) is 4.39 Å². The van der Waals surface area contributed by atoms with E-state index in [0.717, 1.165) is 11.1 Å². The molecule has 0 heterocycles. The Balaban J connectivity index is 2.68. The van der Waals surface area contributed by atoms with Crippen LogP contribution >= 0.6 is 0 Å². The number of methoxy groups -OCH3 is 1. The summed E-state index contributed by atoms with van der Waals surface area (Å²) in [4.78, 5) is 0. The summed E-state index contributed by atoms with van der Waals surface area (Å²) in [6.45, 7) is 0. The molecule has 0 aliphatic rings. The molecule has 2 aromatic carbocycles. The third kappa shape index (κ3) is 2.14. The molecule has 0 N–H and O–H groups in total. The highest BCUT2D eigenvalue weighted by Gasteiger charge is 2.09. The first-order valence-electron chi connectivity index (χ1n) is 5.16. The molecule has 84 valence electrons. The van der Waals surface area contributed by atoms with E-state index in [1.165, 1.54) is 12.1 Å². The van der Waals surface area contributed by atoms with Crippen molar-refractivity contribution >= 4 is 0 Å². The molecule has 0 amide bonds. The van der Waals surface area contributed by atoms with Gasteiger partial charge >= 0.3 is 0 Å². The lowest BCUT2D eigenvalue weighted by atomic mass is 9.99. The molecule has 1 nitrogen and oxygen atoms in total. The molecule has 2 heteroatoms. The summed E-state index contributed by atoms with van der Waals surface area (Å²) in [5, 5.41) is 0. The van der Waals surface area contributed by atoms with Crippen LogP contribution in [-0.2, 0) is 0 Å². The average molecular weight is 226 g/mol. The van der Waals surface area contributed by atoms with Gasteiger partial charge in [-0.25, -0.2) is 4.39 Å². The lowest BCUT2D eigenvalue weighted by Gasteiger charge is -2.10. The highest BCUT2D eigenvalue weighted by Crippen LogP contribution is 2.32. The van der Waals surface area contributed by atoms with Crippen molar-refractivity contribution in [3.05, 3.63) is 53.8 Å². The molecule has 0 saturated carbocycles. The van der Waals surface area contributed by atoms with Crippen LogP contribution in [0.25, 0.3) is 11.1 Å². The zero-order valence-corrected chi connectivity index (χ0v) is 9.41. The summed E-state index contributed by atoms with van der Waals surface area (Å²) in [7, 11) is 1.55. The van der Waals surface area contributed by atoms with Gasteiger partial charge in [0, 0.05) is 16.7 Å². The maximum Gasteiger partial charge on any atom is 0.126 e. The maximum atomic E-state index is 13.3. The van der Waals surface area contributed by atoms with Gasteiger partial charge in [0.1, 0.15) is 11.6 Å². The van der Waals surface area contributed by atoms with Gasteiger partial charge in [0.25, 0.3) is 0 Å². The van der Waals surface area contributed by atoms with Crippen molar-refractivity contribution < 1.29 is 9.13 Å². The van der Waals surface area contributed by atoms with Crippen molar-refractivity contribution in [3.8, 4) is 29.2 Å². The van der Waals surface area contributed by atoms with Crippen LogP contribution in [-0.4, -0.2) is 7.11 Å². The largest absolute Gasteiger partial charge is 0.496 e. The molecule has 2 aromatic rings. The number of hydrogen-bond donors (Lipinski definition) is 0. The Morgan fingerprint density at radius 2 is 1.88 bits per heavy atom. The highest BCUT2D eigenvalue weighted by atomic mass is 19.1. The third-order valence-electron chi connectivity index (χ3n) is 2.53. The van der Waals surface area contributed by atoms with Gasteiger partial charge in [0.15, 0.2) is 0 Å². The van der Waals surface area contributed by atoms with Crippen molar-refractivity contribution in [2.75, 3.05) is 7.11 Å². The molecule has 0 aliphatic carbocycles. The van der Waals surface area contributed by atoms with Gasteiger partial charge in [0.2, 0.25) is 0 Å². The van der Waals surface area contributed by atoms with Gasteiger partial charge in [-0.15, -0.1) is 6.42 Å². The normalized spacial score (nSPS) is 9.71. The standard InChI is InChI=1S/C15H11FO/c1-3-11-6-4-5-7-13(11)14-10-12(16)8-9-15(14)17-2/h1,4-10H,2H3. The molecule has 0 fully saturated rings. The minimum absolute atomic E-state index is 0.312. The monoisotopic (exact) mass is 226 g/mol. The predicted molar refractivity (Wildman–Crippen MR) is 66.3 cm³/mol. The first-order valence-corrected chi connectivity index (χ1v) is 5.16. The number of benzene rings is 2. The Labute approximate surface area is 99.9 Å². The molecular formula is C15H11FO. The molecule has 0 saturated heterocycles. The second-order valence-electron chi connectivity index (χ2n) is 3.53. The molecular weight excluding hydrogens is 215 g/mol. The van der Waals surface area contributed by atoms with Crippen LogP contribution in [0.4, 0.5) is 4.39 Å². The number of rotatable bonds is 2. The van der Waals surface area contributed by atoms with Crippen molar-refractivity contribution in [2.24, 2.45) is 0 Å². The summed E-state index contributed by atoms with van der Waals surface area (Å²) in [6, 6.07) is 11.8. The molecule has 0 aliphatic heterocycles. The van der Waals surface area contributed by atoms with Crippen molar-refractivity contribution in [1.82, 2.24) is 0 Å². The Morgan fingerprint density at radius 3 is 2.59 bits per heavy atom. The number of terminal acetylenes is 1. The second-order valence-corrected chi connectivity index (χ2v) is 3.53. The van der Waals surface area contributed by atoms with Gasteiger partial charge in [-0.05, 0) is 24.3 Å². The smallest absolute Gasteiger partial charge is 0.126 e. The highest BCUT2D eigenvalue weighted by molar-refractivity contribution is 5.76. The summed E-state index contributed by atoms with van der Waals surface area (Å²) >= 11 is 0. The van der Waals surface area contributed by atoms with E-state index in [2.05, 4.69) is 5.92 Å². The first kappa shape index (κ1) is 11.2. The van der Waals surface area contributed by atoms with Gasteiger partial charge in [-0.2, -0.15) is 0 Å². The van der Waals surface area contributed by atoms with Crippen LogP contribution < -0.4 is 4.74 Å². The summed E-state index contributed by atoms with van der Waals surface area (Å²) in [5.41, 5.74) is 2.18. The van der Waals surface area contributed by atoms with Crippen molar-refractivity contribution in [3.63, 3.8) is 0 Å². The summed E-state index contributed by atoms with van der Waals surface area (Å²) in [6.07, 6.45) is 5.43. The molecule has 0 bridgehead atoms. The second kappa shape index (κ2) is 4.71. The third-order valence-corrected chi connectivity index (χ3v) is 2.53. The molecule has 0 atom stereocenters. The Hall–Kier alpha value is -2.27. The molecule has 0 unspecified atom stereocenters. The fourth-order valence-corrected chi connectivity index (χ4v) is 1.73. The maximum absolute atomic E-state index is 13.3. The van der Waals surface area contributed by atoms with Crippen LogP contribution in [0, 0.1) is 18.2 Å². The van der Waals surface area contributed by atoms with Gasteiger partial charge < -0.3 is 4.74 Å². The number of ether oxygens (including phenoxy) is 1. The van der Waals surface area contributed by atoms with E-state index in [4.69, 9.17) is 11.2 Å². The van der Waals surface area contributed by atoms with Gasteiger partial charge in [-0.1, -0.05) is 24.1 Å². The average Bonchev–Trinajstić information content (AvgIpc) is 2.38. The first-order chi connectivity index (χ1) is 8.26. The van der Waals surface area contributed by atoms with Crippen LogP contribution in [0.3, 0.4) is 0 Å². The Kier molecular flexibility index (Phi) is 3.11. The quantitative estimate of drug-likeness (QED) is 0.712. The number of halogens is 1. The molecule has 2 rings (SSSR count). The fourth-order valence-electron chi connectivity index (χ4n) is 1.73. The SMILES string of the molecule is C#Cc1ccccc1-c1cc(F)ccc1OC. The zero-order valence-electron chi connectivity index (χ0n) is 9.41. The molecule has 0 spiro atoms. The summed E-state index contributed by atoms with van der Waals surface area (Å²) < 4.78 is 18.5. The van der Waals surface area contributed by atoms with Gasteiger partial charge in [-0.3, -0.25) is 0 Å². The fraction of sp³-hybridized carbons (Fsp3) is 0.0667. The molecule has 17 heavy (non-hydrogen) atoms. The predicted octanol–water partition coefficient (Wildman–Crippen LogP) is 3.48. The Bertz CT molecular complexity index is 582. The van der Waals surface area contributed by atoms with Gasteiger partial charge in [0.05, 0.1) is 7.11 Å². The van der Waals surface area contributed by atoms with Crippen LogP contribution in [0.1, 0.15) is 5.56 Å². The van der Waals surface area contributed by atoms with E-state index < -0.39 is 0 Å². The van der Waals surface area contributed by atoms with Crippen LogP contribution in [0.2, 0.25) is 0 Å². The van der Waals surface area contributed by atoms with Crippen LogP contribution in [0.5, 0.6) is 5.75 Å². The van der Waals surface area contributed by atoms with E-state index in [1.807, 2.05) is 24.3 Å². The lowest BCUT2D eigenvalue weighted by Crippen LogP contribution is -1.91. The van der Waals surface area contributed by atoms with E-state index in [-0.39, 0.29) is 5.82 Å². The minimum Gasteiger partial charge on any atom is -0.496 e. The van der Waals surface area contributed by atoms with Crippen molar-refractivity contribution in [2.45, 2.75) is 0 Å². The van der Waals surface area contributed by atoms with Crippen LogP contribution in [0.15, 0.2) is 42.5 Å². The zero-order chi connectivity index (χ0) is 12.3. The minimum atomic E-state index is -0.312. The topological polar surface area (TPSA) is 9.23 Å². The number of hydrogen-bond acceptors (Lipinski definition) is 1. The molecule has 0 aromatic heterocycles.